The molecule has 2 aromatic carbocycles. The molecule has 148 valence electrons. The molecule has 1 N–H and O–H groups in total. The molecule has 2 heterocycles. The van der Waals surface area contributed by atoms with Gasteiger partial charge in [-0.05, 0) is 26.2 Å². The summed E-state index contributed by atoms with van der Waals surface area (Å²) < 4.78 is 30.3. The van der Waals surface area contributed by atoms with Crippen molar-refractivity contribution in [2.45, 2.75) is 6.04 Å². The number of fused-ring (bicyclic) bond motifs is 1. The molecule has 4 rings (SSSR count). The second-order valence-electron chi connectivity index (χ2n) is 6.86. The maximum absolute atomic E-state index is 14.3. The summed E-state index contributed by atoms with van der Waals surface area (Å²) in [6.07, 6.45) is 1.42. The highest BCUT2D eigenvalue weighted by atomic mass is 19.1. The van der Waals surface area contributed by atoms with Gasteiger partial charge in [-0.1, -0.05) is 36.4 Å². The number of hydrogen-bond donors (Lipinski definition) is 1. The molecule has 0 aliphatic heterocycles. The molecule has 0 saturated carbocycles. The van der Waals surface area contributed by atoms with Gasteiger partial charge in [0.05, 0.1) is 11.7 Å². The van der Waals surface area contributed by atoms with E-state index in [4.69, 9.17) is 0 Å². The normalized spacial score (nSPS) is 12.4. The number of nitrogens with zero attached hydrogens (tertiary/aromatic N) is 5. The van der Waals surface area contributed by atoms with Crippen LogP contribution in [0.1, 0.15) is 11.6 Å². The first-order chi connectivity index (χ1) is 14.0. The SMILES string of the molecule is CN(C)C(CNc1cc(-c2ccccc2)nc2ncnn12)c1c(F)cccc1F. The zero-order valence-electron chi connectivity index (χ0n) is 16.0. The van der Waals surface area contributed by atoms with Gasteiger partial charge in [0, 0.05) is 23.7 Å². The molecule has 0 amide bonds. The van der Waals surface area contributed by atoms with E-state index in [1.54, 1.807) is 23.5 Å². The molecule has 0 bridgehead atoms. The average molecular weight is 394 g/mol. The van der Waals surface area contributed by atoms with Crippen molar-refractivity contribution in [1.29, 1.82) is 0 Å². The van der Waals surface area contributed by atoms with Gasteiger partial charge in [-0.15, -0.1) is 0 Å². The fourth-order valence-electron chi connectivity index (χ4n) is 3.27. The Balaban J connectivity index is 1.69. The van der Waals surface area contributed by atoms with Crippen molar-refractivity contribution < 1.29 is 8.78 Å². The van der Waals surface area contributed by atoms with Crippen molar-refractivity contribution in [2.24, 2.45) is 0 Å². The van der Waals surface area contributed by atoms with Crippen LogP contribution < -0.4 is 5.32 Å². The minimum absolute atomic E-state index is 0.0252. The summed E-state index contributed by atoms with van der Waals surface area (Å²) in [6.45, 7) is 0.262. The highest BCUT2D eigenvalue weighted by Crippen LogP contribution is 2.26. The molecule has 1 atom stereocenters. The Morgan fingerprint density at radius 2 is 1.76 bits per heavy atom. The van der Waals surface area contributed by atoms with E-state index in [1.807, 2.05) is 36.4 Å². The summed E-state index contributed by atoms with van der Waals surface area (Å²) in [7, 11) is 3.57. The highest BCUT2D eigenvalue weighted by molar-refractivity contribution is 5.65. The minimum Gasteiger partial charge on any atom is -0.368 e. The van der Waals surface area contributed by atoms with Crippen molar-refractivity contribution in [3.63, 3.8) is 0 Å². The maximum atomic E-state index is 14.3. The van der Waals surface area contributed by atoms with E-state index in [9.17, 15) is 8.78 Å². The Labute approximate surface area is 166 Å². The number of rotatable bonds is 6. The van der Waals surface area contributed by atoms with Crippen LogP contribution in [0.25, 0.3) is 17.0 Å². The smallest absolute Gasteiger partial charge is 0.254 e. The molecular weight excluding hydrogens is 374 g/mol. The molecule has 0 spiro atoms. The van der Waals surface area contributed by atoms with Crippen molar-refractivity contribution in [2.75, 3.05) is 26.0 Å². The van der Waals surface area contributed by atoms with Gasteiger partial charge in [0.25, 0.3) is 5.78 Å². The Hall–Kier alpha value is -3.39. The van der Waals surface area contributed by atoms with Crippen molar-refractivity contribution in [3.05, 3.63) is 78.1 Å². The number of aromatic nitrogens is 4. The first-order valence-corrected chi connectivity index (χ1v) is 9.15. The van der Waals surface area contributed by atoms with Crippen molar-refractivity contribution >= 4 is 11.6 Å². The summed E-state index contributed by atoms with van der Waals surface area (Å²) in [5.41, 5.74) is 1.69. The molecule has 0 aliphatic carbocycles. The zero-order valence-corrected chi connectivity index (χ0v) is 16.0. The third-order valence-corrected chi connectivity index (χ3v) is 4.75. The Morgan fingerprint density at radius 1 is 1.03 bits per heavy atom. The van der Waals surface area contributed by atoms with Gasteiger partial charge in [-0.3, -0.25) is 0 Å². The predicted octanol–water partition coefficient (Wildman–Crippen LogP) is 3.78. The van der Waals surface area contributed by atoms with E-state index in [1.165, 1.54) is 24.5 Å². The lowest BCUT2D eigenvalue weighted by Gasteiger charge is -2.26. The van der Waals surface area contributed by atoms with Crippen LogP contribution in [0.4, 0.5) is 14.6 Å². The van der Waals surface area contributed by atoms with E-state index < -0.39 is 17.7 Å². The van der Waals surface area contributed by atoms with Crippen LogP contribution in [-0.2, 0) is 0 Å². The van der Waals surface area contributed by atoms with Crippen LogP contribution in [0.2, 0.25) is 0 Å². The topological polar surface area (TPSA) is 58.3 Å². The summed E-state index contributed by atoms with van der Waals surface area (Å²) >= 11 is 0. The van der Waals surface area contributed by atoms with E-state index >= 15 is 0 Å². The van der Waals surface area contributed by atoms with E-state index in [-0.39, 0.29) is 12.1 Å². The molecule has 8 heteroatoms. The lowest BCUT2D eigenvalue weighted by atomic mass is 10.0. The number of benzene rings is 2. The number of halogens is 2. The predicted molar refractivity (Wildman–Crippen MR) is 107 cm³/mol. The first-order valence-electron chi connectivity index (χ1n) is 9.15. The average Bonchev–Trinajstić information content (AvgIpc) is 3.19. The molecular formula is C21H20F2N6. The Bertz CT molecular complexity index is 1110. The third-order valence-electron chi connectivity index (χ3n) is 4.75. The van der Waals surface area contributed by atoms with Crippen LogP contribution in [0.15, 0.2) is 60.9 Å². The fraction of sp³-hybridized carbons (Fsp3) is 0.190. The summed E-state index contributed by atoms with van der Waals surface area (Å²) in [5.74, 6) is -0.0745. The number of anilines is 1. The molecule has 1 unspecified atom stereocenters. The highest BCUT2D eigenvalue weighted by Gasteiger charge is 2.22. The van der Waals surface area contributed by atoms with Crippen molar-refractivity contribution in [3.8, 4) is 11.3 Å². The molecule has 6 nitrogen and oxygen atoms in total. The molecule has 0 saturated heterocycles. The molecule has 0 fully saturated rings. The largest absolute Gasteiger partial charge is 0.368 e. The summed E-state index contributed by atoms with van der Waals surface area (Å²) in [6, 6.07) is 14.9. The molecule has 4 aromatic rings. The molecule has 2 aromatic heterocycles. The summed E-state index contributed by atoms with van der Waals surface area (Å²) in [4.78, 5) is 10.5. The Kier molecular flexibility index (Phi) is 5.18. The van der Waals surface area contributed by atoms with Crippen molar-refractivity contribution in [1.82, 2.24) is 24.5 Å². The number of hydrogen-bond acceptors (Lipinski definition) is 5. The van der Waals surface area contributed by atoms with Gasteiger partial charge in [0.2, 0.25) is 0 Å². The first kappa shape index (κ1) is 18.9. The van der Waals surface area contributed by atoms with Crippen LogP contribution >= 0.6 is 0 Å². The van der Waals surface area contributed by atoms with Gasteiger partial charge in [-0.25, -0.2) is 13.8 Å². The van der Waals surface area contributed by atoms with Gasteiger partial charge < -0.3 is 10.2 Å². The molecule has 0 radical (unpaired) electrons. The van der Waals surface area contributed by atoms with Gasteiger partial charge >= 0.3 is 0 Å². The molecule has 29 heavy (non-hydrogen) atoms. The Morgan fingerprint density at radius 3 is 2.45 bits per heavy atom. The monoisotopic (exact) mass is 394 g/mol. The fourth-order valence-corrected chi connectivity index (χ4v) is 3.27. The number of likely N-dealkylation sites (N-methyl/N-ethyl adjacent to an activating group) is 1. The second-order valence-corrected chi connectivity index (χ2v) is 6.86. The van der Waals surface area contributed by atoms with Gasteiger partial charge in [-0.2, -0.15) is 14.6 Å². The van der Waals surface area contributed by atoms with Crippen LogP contribution in [-0.4, -0.2) is 45.1 Å². The van der Waals surface area contributed by atoms with E-state index in [2.05, 4.69) is 20.4 Å². The van der Waals surface area contributed by atoms with E-state index in [0.29, 0.717) is 11.6 Å². The lowest BCUT2D eigenvalue weighted by molar-refractivity contribution is 0.295. The summed E-state index contributed by atoms with van der Waals surface area (Å²) in [5, 5.41) is 7.47. The van der Waals surface area contributed by atoms with Crippen LogP contribution in [0.3, 0.4) is 0 Å². The maximum Gasteiger partial charge on any atom is 0.254 e. The lowest BCUT2D eigenvalue weighted by Crippen LogP contribution is -2.29. The standard InChI is InChI=1S/C21H20F2N6/c1-28(2)18(20-15(22)9-6-10-16(20)23)12-24-19-11-17(14-7-4-3-5-8-14)27-21-25-13-26-29(19)21/h3-11,13,18,24H,12H2,1-2H3. The quantitative estimate of drug-likeness (QED) is 0.539. The zero-order chi connectivity index (χ0) is 20.4. The van der Waals surface area contributed by atoms with Crippen LogP contribution in [0, 0.1) is 11.6 Å². The minimum atomic E-state index is -0.573. The molecule has 0 aliphatic rings. The number of nitrogens with one attached hydrogen (secondary N) is 1. The van der Waals surface area contributed by atoms with E-state index in [0.717, 1.165) is 11.3 Å². The second kappa shape index (κ2) is 7.92. The van der Waals surface area contributed by atoms with Gasteiger partial charge in [0.15, 0.2) is 0 Å². The van der Waals surface area contributed by atoms with Crippen LogP contribution in [0.5, 0.6) is 0 Å². The van der Waals surface area contributed by atoms with Gasteiger partial charge in [0.1, 0.15) is 23.8 Å². The third kappa shape index (κ3) is 3.79.